The van der Waals surface area contributed by atoms with Gasteiger partial charge < -0.3 is 5.32 Å². The summed E-state index contributed by atoms with van der Waals surface area (Å²) in [4.78, 5) is 10.1. The van der Waals surface area contributed by atoms with Crippen molar-refractivity contribution in [2.24, 2.45) is 5.92 Å². The van der Waals surface area contributed by atoms with Gasteiger partial charge in [-0.05, 0) is 19.3 Å². The summed E-state index contributed by atoms with van der Waals surface area (Å²) < 4.78 is 0. The Morgan fingerprint density at radius 2 is 2.00 bits per heavy atom. The minimum Gasteiger partial charge on any atom is -0.356 e. The molecule has 2 heteroatoms. The summed E-state index contributed by atoms with van der Waals surface area (Å²) in [6.45, 7) is 6.54. The number of carbonyl (C=O) groups excluding carboxylic acids is 1. The third kappa shape index (κ3) is 6.20. The van der Waals surface area contributed by atoms with E-state index in [1.807, 2.05) is 6.92 Å². The first kappa shape index (κ1) is 11.5. The smallest absolute Gasteiger partial charge is 0.207 e. The van der Waals surface area contributed by atoms with Crippen LogP contribution < -0.4 is 5.32 Å². The van der Waals surface area contributed by atoms with Crippen molar-refractivity contribution in [1.82, 2.24) is 5.32 Å². The Balaban J connectivity index is 3.23. The van der Waals surface area contributed by atoms with Crippen LogP contribution in [0.4, 0.5) is 0 Å². The summed E-state index contributed by atoms with van der Waals surface area (Å²) in [6.07, 6.45) is 5.64. The van der Waals surface area contributed by atoms with E-state index in [1.54, 1.807) is 0 Å². The lowest BCUT2D eigenvalue weighted by molar-refractivity contribution is -0.110. The second-order valence-electron chi connectivity index (χ2n) is 3.63. The number of carbonyl (C=O) groups is 1. The van der Waals surface area contributed by atoms with E-state index in [0.29, 0.717) is 6.04 Å². The van der Waals surface area contributed by atoms with Crippen LogP contribution in [-0.2, 0) is 4.79 Å². The number of hydrogen-bond donors (Lipinski definition) is 1. The molecular formula is C10H21NO. The maximum atomic E-state index is 10.1. The summed E-state index contributed by atoms with van der Waals surface area (Å²) in [5.41, 5.74) is 0. The fourth-order valence-electron chi connectivity index (χ4n) is 1.18. The summed E-state index contributed by atoms with van der Waals surface area (Å²) in [6, 6.07) is 0.339. The first-order valence-electron chi connectivity index (χ1n) is 4.90. The number of rotatable bonds is 7. The van der Waals surface area contributed by atoms with E-state index in [1.165, 1.54) is 19.3 Å². The third-order valence-electron chi connectivity index (χ3n) is 2.38. The van der Waals surface area contributed by atoms with Gasteiger partial charge >= 0.3 is 0 Å². The van der Waals surface area contributed by atoms with Crippen LogP contribution in [0.3, 0.4) is 0 Å². The number of amides is 1. The third-order valence-corrected chi connectivity index (χ3v) is 2.38. The molecule has 0 fully saturated rings. The molecule has 2 nitrogen and oxygen atoms in total. The summed E-state index contributed by atoms with van der Waals surface area (Å²) >= 11 is 0. The summed E-state index contributed by atoms with van der Waals surface area (Å²) in [7, 11) is 0. The molecule has 0 aromatic rings. The molecule has 1 amide bonds. The molecule has 0 rings (SSSR count). The molecule has 0 saturated carbocycles. The Labute approximate surface area is 75.7 Å². The van der Waals surface area contributed by atoms with Crippen LogP contribution in [0.15, 0.2) is 0 Å². The molecule has 0 aliphatic heterocycles. The van der Waals surface area contributed by atoms with Crippen molar-refractivity contribution < 1.29 is 4.79 Å². The minimum absolute atomic E-state index is 0.339. The van der Waals surface area contributed by atoms with Gasteiger partial charge in [-0.2, -0.15) is 0 Å². The van der Waals surface area contributed by atoms with Crippen LogP contribution >= 0.6 is 0 Å². The van der Waals surface area contributed by atoms with E-state index in [2.05, 4.69) is 19.2 Å². The molecule has 1 N–H and O–H groups in total. The SMILES string of the molecule is CCC(C)CCCC(C)NC=O. The van der Waals surface area contributed by atoms with Gasteiger partial charge in [0.05, 0.1) is 0 Å². The van der Waals surface area contributed by atoms with Crippen molar-refractivity contribution in [2.45, 2.75) is 52.5 Å². The number of nitrogens with one attached hydrogen (secondary N) is 1. The molecule has 0 aliphatic rings. The van der Waals surface area contributed by atoms with Crippen molar-refractivity contribution in [3.05, 3.63) is 0 Å². The van der Waals surface area contributed by atoms with Gasteiger partial charge in [-0.25, -0.2) is 0 Å². The topological polar surface area (TPSA) is 29.1 Å². The standard InChI is InChI=1S/C10H21NO/c1-4-9(2)6-5-7-10(3)11-8-12/h8-10H,4-7H2,1-3H3,(H,11,12). The van der Waals surface area contributed by atoms with Gasteiger partial charge in [-0.3, -0.25) is 4.79 Å². The molecule has 0 heterocycles. The van der Waals surface area contributed by atoms with Gasteiger partial charge in [0.2, 0.25) is 6.41 Å². The predicted molar refractivity (Wildman–Crippen MR) is 52.0 cm³/mol. The Morgan fingerprint density at radius 1 is 1.33 bits per heavy atom. The van der Waals surface area contributed by atoms with Gasteiger partial charge in [0.1, 0.15) is 0 Å². The lowest BCUT2D eigenvalue weighted by Crippen LogP contribution is -2.24. The molecule has 2 atom stereocenters. The van der Waals surface area contributed by atoms with Crippen LogP contribution in [0.2, 0.25) is 0 Å². The Kier molecular flexibility index (Phi) is 6.82. The molecule has 0 aromatic carbocycles. The molecule has 0 bridgehead atoms. The van der Waals surface area contributed by atoms with Crippen molar-refractivity contribution in [3.8, 4) is 0 Å². The normalized spacial score (nSPS) is 15.2. The molecule has 0 saturated heterocycles. The Bertz CT molecular complexity index is 114. The maximum absolute atomic E-state index is 10.1. The monoisotopic (exact) mass is 171 g/mol. The second kappa shape index (κ2) is 7.14. The zero-order valence-corrected chi connectivity index (χ0v) is 8.47. The lowest BCUT2D eigenvalue weighted by Gasteiger charge is -2.11. The highest BCUT2D eigenvalue weighted by Crippen LogP contribution is 2.11. The van der Waals surface area contributed by atoms with Crippen LogP contribution in [0, 0.1) is 5.92 Å². The van der Waals surface area contributed by atoms with Gasteiger partial charge in [0.15, 0.2) is 0 Å². The van der Waals surface area contributed by atoms with E-state index < -0.39 is 0 Å². The van der Waals surface area contributed by atoms with Crippen molar-refractivity contribution in [3.63, 3.8) is 0 Å². The molecule has 2 unspecified atom stereocenters. The van der Waals surface area contributed by atoms with Gasteiger partial charge in [0, 0.05) is 6.04 Å². The lowest BCUT2D eigenvalue weighted by atomic mass is 10.00. The molecular weight excluding hydrogens is 150 g/mol. The largest absolute Gasteiger partial charge is 0.356 e. The number of hydrogen-bond acceptors (Lipinski definition) is 1. The van der Waals surface area contributed by atoms with Gasteiger partial charge in [-0.1, -0.05) is 33.1 Å². The van der Waals surface area contributed by atoms with Crippen molar-refractivity contribution >= 4 is 6.41 Å². The van der Waals surface area contributed by atoms with E-state index in [-0.39, 0.29) is 0 Å². The van der Waals surface area contributed by atoms with Crippen molar-refractivity contribution in [1.29, 1.82) is 0 Å². The predicted octanol–water partition coefficient (Wildman–Crippen LogP) is 2.34. The van der Waals surface area contributed by atoms with Gasteiger partial charge in [0.25, 0.3) is 0 Å². The zero-order chi connectivity index (χ0) is 9.40. The molecule has 12 heavy (non-hydrogen) atoms. The summed E-state index contributed by atoms with van der Waals surface area (Å²) in [5.74, 6) is 0.827. The van der Waals surface area contributed by atoms with Crippen LogP contribution in [-0.4, -0.2) is 12.5 Å². The maximum Gasteiger partial charge on any atom is 0.207 e. The fourth-order valence-corrected chi connectivity index (χ4v) is 1.18. The highest BCUT2D eigenvalue weighted by molar-refractivity contribution is 5.46. The van der Waals surface area contributed by atoms with Crippen LogP contribution in [0.25, 0.3) is 0 Å². The average molecular weight is 171 g/mol. The second-order valence-corrected chi connectivity index (χ2v) is 3.63. The van der Waals surface area contributed by atoms with Crippen LogP contribution in [0.1, 0.15) is 46.5 Å². The highest BCUT2D eigenvalue weighted by atomic mass is 16.1. The summed E-state index contributed by atoms with van der Waals surface area (Å²) in [5, 5.41) is 2.76. The molecule has 0 radical (unpaired) electrons. The van der Waals surface area contributed by atoms with E-state index in [0.717, 1.165) is 18.7 Å². The Morgan fingerprint density at radius 3 is 2.50 bits per heavy atom. The molecule has 72 valence electrons. The first-order chi connectivity index (χ1) is 5.70. The van der Waals surface area contributed by atoms with E-state index in [9.17, 15) is 4.79 Å². The Hall–Kier alpha value is -0.530. The minimum atomic E-state index is 0.339. The zero-order valence-electron chi connectivity index (χ0n) is 8.47. The molecule has 0 aromatic heterocycles. The molecule has 0 aliphatic carbocycles. The van der Waals surface area contributed by atoms with Crippen LogP contribution in [0.5, 0.6) is 0 Å². The van der Waals surface area contributed by atoms with E-state index in [4.69, 9.17) is 0 Å². The first-order valence-corrected chi connectivity index (χ1v) is 4.90. The molecule has 0 spiro atoms. The van der Waals surface area contributed by atoms with Crippen molar-refractivity contribution in [2.75, 3.05) is 0 Å². The quantitative estimate of drug-likeness (QED) is 0.585. The fraction of sp³-hybridized carbons (Fsp3) is 0.900. The highest BCUT2D eigenvalue weighted by Gasteiger charge is 2.02. The van der Waals surface area contributed by atoms with Gasteiger partial charge in [-0.15, -0.1) is 0 Å². The average Bonchev–Trinajstić information content (AvgIpc) is 2.04. The van der Waals surface area contributed by atoms with E-state index >= 15 is 0 Å².